The second-order valence-electron chi connectivity index (χ2n) is 5.08. The van der Waals surface area contributed by atoms with Crippen LogP contribution in [0.2, 0.25) is 0 Å². The zero-order chi connectivity index (χ0) is 15.7. The Hall–Kier alpha value is -1.48. The lowest BCUT2D eigenvalue weighted by Crippen LogP contribution is -2.46. The van der Waals surface area contributed by atoms with E-state index in [4.69, 9.17) is 4.74 Å². The molecule has 1 aromatic heterocycles. The average Bonchev–Trinajstić information content (AvgIpc) is 3.00. The van der Waals surface area contributed by atoms with Gasteiger partial charge in [0, 0.05) is 19.8 Å². The van der Waals surface area contributed by atoms with E-state index >= 15 is 0 Å². The zero-order valence-corrected chi connectivity index (χ0v) is 13.9. The van der Waals surface area contributed by atoms with E-state index in [-0.39, 0.29) is 6.04 Å². The first-order valence-electron chi connectivity index (χ1n) is 6.83. The van der Waals surface area contributed by atoms with Gasteiger partial charge in [0.1, 0.15) is 10.8 Å². The van der Waals surface area contributed by atoms with Crippen molar-refractivity contribution in [3.8, 4) is 16.2 Å². The van der Waals surface area contributed by atoms with Crippen molar-refractivity contribution >= 4 is 21.5 Å². The minimum atomic E-state index is -3.39. The molecule has 118 valence electrons. The van der Waals surface area contributed by atoms with Crippen molar-refractivity contribution in [2.45, 2.75) is 12.5 Å². The lowest BCUT2D eigenvalue weighted by molar-refractivity contribution is 0.381. The normalized spacial score (nSPS) is 21.6. The summed E-state index contributed by atoms with van der Waals surface area (Å²) in [7, 11) is -0.186. The minimum Gasteiger partial charge on any atom is -0.497 e. The second-order valence-corrected chi connectivity index (χ2v) is 7.95. The summed E-state index contributed by atoms with van der Waals surface area (Å²) in [6, 6.07) is 7.47. The van der Waals surface area contributed by atoms with E-state index in [2.05, 4.69) is 9.71 Å². The summed E-state index contributed by atoms with van der Waals surface area (Å²) in [5, 5.41) is 0.794. The highest BCUT2D eigenvalue weighted by Gasteiger charge is 2.30. The van der Waals surface area contributed by atoms with Gasteiger partial charge in [0.15, 0.2) is 0 Å². The average molecular weight is 339 g/mol. The maximum Gasteiger partial charge on any atom is 0.279 e. The predicted octanol–water partition coefficient (Wildman–Crippen LogP) is 2.03. The quantitative estimate of drug-likeness (QED) is 0.929. The third-order valence-electron chi connectivity index (χ3n) is 3.63. The van der Waals surface area contributed by atoms with Crippen LogP contribution in [0, 0.1) is 0 Å². The van der Waals surface area contributed by atoms with Gasteiger partial charge < -0.3 is 4.74 Å². The lowest BCUT2D eigenvalue weighted by Gasteiger charge is -2.28. The van der Waals surface area contributed by atoms with Crippen molar-refractivity contribution in [3.05, 3.63) is 35.5 Å². The van der Waals surface area contributed by atoms with E-state index in [0.717, 1.165) is 21.2 Å². The van der Waals surface area contributed by atoms with Gasteiger partial charge in [-0.05, 0) is 36.2 Å². The first-order chi connectivity index (χ1) is 10.5. The van der Waals surface area contributed by atoms with Crippen molar-refractivity contribution in [2.75, 3.05) is 20.7 Å². The lowest BCUT2D eigenvalue weighted by atomic mass is 10.2. The summed E-state index contributed by atoms with van der Waals surface area (Å²) in [5.41, 5.74) is 1.04. The third kappa shape index (κ3) is 3.00. The second kappa shape index (κ2) is 5.96. The fourth-order valence-corrected chi connectivity index (χ4v) is 4.47. The van der Waals surface area contributed by atoms with Gasteiger partial charge in [-0.15, -0.1) is 11.3 Å². The van der Waals surface area contributed by atoms with Gasteiger partial charge in [-0.2, -0.15) is 17.4 Å². The molecule has 0 unspecified atom stereocenters. The van der Waals surface area contributed by atoms with Crippen molar-refractivity contribution in [3.63, 3.8) is 0 Å². The molecule has 6 nitrogen and oxygen atoms in total. The van der Waals surface area contributed by atoms with E-state index in [1.165, 1.54) is 15.6 Å². The fraction of sp³-hybridized carbons (Fsp3) is 0.357. The topological polar surface area (TPSA) is 71.5 Å². The zero-order valence-electron chi connectivity index (χ0n) is 12.3. The molecule has 0 aliphatic carbocycles. The minimum absolute atomic E-state index is 0.252. The Morgan fingerprint density at radius 1 is 1.36 bits per heavy atom. The number of nitrogens with one attached hydrogen (secondary N) is 1. The SMILES string of the molecule is COc1ccc(-c2cnc([C@@H]3CCN(C)S(=O)(=O)N3)s2)cc1. The Labute approximate surface area is 133 Å². The number of aromatic nitrogens is 1. The van der Waals surface area contributed by atoms with Crippen molar-refractivity contribution in [2.24, 2.45) is 0 Å². The molecule has 1 aromatic carbocycles. The summed E-state index contributed by atoms with van der Waals surface area (Å²) in [4.78, 5) is 5.40. The van der Waals surface area contributed by atoms with E-state index in [0.29, 0.717) is 13.0 Å². The monoisotopic (exact) mass is 339 g/mol. The van der Waals surface area contributed by atoms with E-state index in [9.17, 15) is 8.42 Å². The fourth-order valence-electron chi connectivity index (χ4n) is 2.27. The van der Waals surface area contributed by atoms with E-state index in [1.807, 2.05) is 24.3 Å². The molecule has 2 aromatic rings. The molecule has 1 atom stereocenters. The van der Waals surface area contributed by atoms with Crippen LogP contribution in [0.15, 0.2) is 30.5 Å². The largest absolute Gasteiger partial charge is 0.497 e. The van der Waals surface area contributed by atoms with Gasteiger partial charge in [-0.3, -0.25) is 0 Å². The van der Waals surface area contributed by atoms with Crippen molar-refractivity contribution in [1.29, 1.82) is 0 Å². The molecule has 3 rings (SSSR count). The van der Waals surface area contributed by atoms with Crippen LogP contribution >= 0.6 is 11.3 Å². The van der Waals surface area contributed by atoms with Crippen LogP contribution in [0.5, 0.6) is 5.75 Å². The highest BCUT2D eigenvalue weighted by Crippen LogP contribution is 2.32. The summed E-state index contributed by atoms with van der Waals surface area (Å²) in [6.45, 7) is 0.497. The molecule has 0 bridgehead atoms. The summed E-state index contributed by atoms with van der Waals surface area (Å²) < 4.78 is 32.9. The Balaban J connectivity index is 1.81. The number of hydrogen-bond donors (Lipinski definition) is 1. The number of hydrogen-bond acceptors (Lipinski definition) is 5. The molecule has 1 aliphatic rings. The molecular weight excluding hydrogens is 322 g/mol. The summed E-state index contributed by atoms with van der Waals surface area (Å²) >= 11 is 1.51. The van der Waals surface area contributed by atoms with Gasteiger partial charge in [-0.25, -0.2) is 4.98 Å². The van der Waals surface area contributed by atoms with Gasteiger partial charge in [0.2, 0.25) is 0 Å². The molecule has 1 aliphatic heterocycles. The van der Waals surface area contributed by atoms with Crippen LogP contribution in [-0.4, -0.2) is 38.4 Å². The van der Waals surface area contributed by atoms with Crippen LogP contribution in [0.1, 0.15) is 17.5 Å². The Morgan fingerprint density at radius 2 is 2.09 bits per heavy atom. The predicted molar refractivity (Wildman–Crippen MR) is 86.1 cm³/mol. The molecule has 0 amide bonds. The smallest absolute Gasteiger partial charge is 0.279 e. The number of benzene rings is 1. The summed E-state index contributed by atoms with van der Waals surface area (Å²) in [5.74, 6) is 0.802. The molecular formula is C14H17N3O3S2. The van der Waals surface area contributed by atoms with Crippen LogP contribution < -0.4 is 9.46 Å². The Kier molecular flexibility index (Phi) is 4.18. The number of ether oxygens (including phenoxy) is 1. The molecule has 8 heteroatoms. The molecule has 0 saturated carbocycles. The Bertz CT molecular complexity index is 756. The number of thiazole rings is 1. The van der Waals surface area contributed by atoms with Gasteiger partial charge in [-0.1, -0.05) is 0 Å². The number of nitrogens with zero attached hydrogens (tertiary/aromatic N) is 2. The molecule has 2 heterocycles. The molecule has 0 spiro atoms. The Morgan fingerprint density at radius 3 is 2.73 bits per heavy atom. The first-order valence-corrected chi connectivity index (χ1v) is 9.09. The molecule has 22 heavy (non-hydrogen) atoms. The maximum absolute atomic E-state index is 11.9. The molecule has 1 saturated heterocycles. The first kappa shape index (κ1) is 15.4. The van der Waals surface area contributed by atoms with Crippen LogP contribution in [-0.2, 0) is 10.2 Å². The third-order valence-corrected chi connectivity index (χ3v) is 6.38. The number of rotatable bonds is 3. The van der Waals surface area contributed by atoms with E-state index < -0.39 is 10.2 Å². The highest BCUT2D eigenvalue weighted by molar-refractivity contribution is 7.87. The highest BCUT2D eigenvalue weighted by atomic mass is 32.2. The van der Waals surface area contributed by atoms with Crippen molar-refractivity contribution in [1.82, 2.24) is 14.0 Å². The van der Waals surface area contributed by atoms with Crippen molar-refractivity contribution < 1.29 is 13.2 Å². The van der Waals surface area contributed by atoms with Crippen LogP contribution in [0.3, 0.4) is 0 Å². The van der Waals surface area contributed by atoms with Gasteiger partial charge in [0.05, 0.1) is 18.0 Å². The van der Waals surface area contributed by atoms with Crippen LogP contribution in [0.4, 0.5) is 0 Å². The molecule has 0 radical (unpaired) electrons. The summed E-state index contributed by atoms with van der Waals surface area (Å²) in [6.07, 6.45) is 2.50. The van der Waals surface area contributed by atoms with Gasteiger partial charge in [0.25, 0.3) is 10.2 Å². The number of methoxy groups -OCH3 is 1. The molecule has 1 fully saturated rings. The molecule has 1 N–H and O–H groups in total. The standard InChI is InChI=1S/C14H17N3O3S2/c1-17-8-7-12(16-22(17,18)19)14-15-9-13(21-14)10-3-5-11(20-2)6-4-10/h3-6,9,12,16H,7-8H2,1-2H3/t12-/m0/s1. The maximum atomic E-state index is 11.9. The van der Waals surface area contributed by atoms with Crippen LogP contribution in [0.25, 0.3) is 10.4 Å². The van der Waals surface area contributed by atoms with Gasteiger partial charge >= 0.3 is 0 Å². The van der Waals surface area contributed by atoms with E-state index in [1.54, 1.807) is 20.4 Å².